The maximum Gasteiger partial charge on any atom is 0.182 e. The fourth-order valence-electron chi connectivity index (χ4n) is 2.05. The van der Waals surface area contributed by atoms with E-state index in [1.165, 1.54) is 4.80 Å². The van der Waals surface area contributed by atoms with E-state index in [4.69, 9.17) is 0 Å². The topological polar surface area (TPSA) is 72.7 Å². The van der Waals surface area contributed by atoms with Crippen LogP contribution in [-0.4, -0.2) is 39.1 Å². The fourth-order valence-corrected chi connectivity index (χ4v) is 2.05. The lowest BCUT2D eigenvalue weighted by molar-refractivity contribution is -0.119. The summed E-state index contributed by atoms with van der Waals surface area (Å²) >= 11 is 0. The van der Waals surface area contributed by atoms with Gasteiger partial charge in [-0.05, 0) is 37.1 Å². The monoisotopic (exact) mass is 223 g/mol. The molecule has 2 heterocycles. The zero-order chi connectivity index (χ0) is 11.4. The number of rotatable bonds is 4. The van der Waals surface area contributed by atoms with E-state index in [1.54, 1.807) is 7.05 Å². The third-order valence-electron chi connectivity index (χ3n) is 2.88. The van der Waals surface area contributed by atoms with E-state index in [2.05, 4.69) is 20.7 Å². The first-order valence-electron chi connectivity index (χ1n) is 5.69. The summed E-state index contributed by atoms with van der Waals surface area (Å²) in [5, 5.41) is 14.8. The number of aryl methyl sites for hydroxylation is 1. The van der Waals surface area contributed by atoms with Crippen LogP contribution in [0.1, 0.15) is 25.1 Å². The Morgan fingerprint density at radius 2 is 2.25 bits per heavy atom. The van der Waals surface area contributed by atoms with E-state index in [9.17, 15) is 4.79 Å². The first kappa shape index (κ1) is 11.2. The minimum absolute atomic E-state index is 0.222. The van der Waals surface area contributed by atoms with Gasteiger partial charge in [-0.1, -0.05) is 0 Å². The van der Waals surface area contributed by atoms with E-state index in [0.717, 1.165) is 25.9 Å². The van der Waals surface area contributed by atoms with Crippen LogP contribution >= 0.6 is 0 Å². The summed E-state index contributed by atoms with van der Waals surface area (Å²) in [7, 11) is 1.70. The Balaban J connectivity index is 1.79. The van der Waals surface area contributed by atoms with Crippen molar-refractivity contribution in [3.05, 3.63) is 5.82 Å². The number of hydrogen-bond acceptors (Lipinski definition) is 5. The molecule has 0 atom stereocenters. The molecule has 0 aliphatic carbocycles. The average Bonchev–Trinajstić information content (AvgIpc) is 2.65. The van der Waals surface area contributed by atoms with Crippen molar-refractivity contribution in [1.29, 1.82) is 0 Å². The summed E-state index contributed by atoms with van der Waals surface area (Å²) in [6, 6.07) is 0. The Bertz CT molecular complexity index is 356. The molecule has 1 saturated heterocycles. The van der Waals surface area contributed by atoms with Crippen LogP contribution < -0.4 is 5.32 Å². The van der Waals surface area contributed by atoms with Crippen LogP contribution in [-0.2, 0) is 18.3 Å². The number of ketones is 1. The van der Waals surface area contributed by atoms with Gasteiger partial charge in [0, 0.05) is 6.42 Å². The number of aromatic nitrogens is 4. The standard InChI is InChI=1S/C10H17N5O/c1-15-13-10(12-14-15)7-9(16)6-8-2-4-11-5-3-8/h8,11H,2-7H2,1H3. The molecule has 1 aliphatic heterocycles. The highest BCUT2D eigenvalue weighted by molar-refractivity contribution is 5.80. The highest BCUT2D eigenvalue weighted by Crippen LogP contribution is 2.16. The highest BCUT2D eigenvalue weighted by atomic mass is 16.1. The molecule has 1 aliphatic rings. The lowest BCUT2D eigenvalue weighted by Crippen LogP contribution is -2.29. The molecule has 88 valence electrons. The summed E-state index contributed by atoms with van der Waals surface area (Å²) < 4.78 is 0. The first-order valence-corrected chi connectivity index (χ1v) is 5.69. The van der Waals surface area contributed by atoms with Crippen molar-refractivity contribution >= 4 is 5.78 Å². The molecule has 0 radical (unpaired) electrons. The Labute approximate surface area is 94.4 Å². The van der Waals surface area contributed by atoms with Gasteiger partial charge in [0.05, 0.1) is 13.5 Å². The largest absolute Gasteiger partial charge is 0.317 e. The number of carbonyl (C=O) groups is 1. The molecule has 0 aromatic carbocycles. The van der Waals surface area contributed by atoms with E-state index in [0.29, 0.717) is 24.6 Å². The summed E-state index contributed by atoms with van der Waals surface area (Å²) in [5.41, 5.74) is 0. The predicted molar refractivity (Wildman–Crippen MR) is 57.7 cm³/mol. The Kier molecular flexibility index (Phi) is 3.61. The van der Waals surface area contributed by atoms with Gasteiger partial charge in [0.15, 0.2) is 5.82 Å². The van der Waals surface area contributed by atoms with Gasteiger partial charge < -0.3 is 5.32 Å². The van der Waals surface area contributed by atoms with Gasteiger partial charge in [-0.25, -0.2) is 0 Å². The zero-order valence-electron chi connectivity index (χ0n) is 9.52. The molecule has 6 heteroatoms. The van der Waals surface area contributed by atoms with Crippen LogP contribution in [0, 0.1) is 5.92 Å². The average molecular weight is 223 g/mol. The molecule has 0 amide bonds. The Morgan fingerprint density at radius 1 is 1.50 bits per heavy atom. The predicted octanol–water partition coefficient (Wildman–Crippen LogP) is -0.289. The quantitative estimate of drug-likeness (QED) is 0.759. The van der Waals surface area contributed by atoms with Crippen molar-refractivity contribution in [3.8, 4) is 0 Å². The minimum atomic E-state index is 0.222. The van der Waals surface area contributed by atoms with Gasteiger partial charge in [0.2, 0.25) is 0 Å². The van der Waals surface area contributed by atoms with Gasteiger partial charge in [0.1, 0.15) is 5.78 Å². The van der Waals surface area contributed by atoms with E-state index in [-0.39, 0.29) is 5.78 Å². The van der Waals surface area contributed by atoms with Crippen LogP contribution in [0.2, 0.25) is 0 Å². The van der Waals surface area contributed by atoms with Crippen molar-refractivity contribution in [1.82, 2.24) is 25.5 Å². The summed E-state index contributed by atoms with van der Waals surface area (Å²) in [5.74, 6) is 1.28. The number of hydrogen-bond donors (Lipinski definition) is 1. The second-order valence-corrected chi connectivity index (χ2v) is 4.31. The zero-order valence-corrected chi connectivity index (χ0v) is 9.52. The number of Topliss-reactive ketones (excluding diaryl/α,β-unsaturated/α-hetero) is 1. The summed E-state index contributed by atoms with van der Waals surface area (Å²) in [4.78, 5) is 13.1. The van der Waals surface area contributed by atoms with Crippen LogP contribution in [0.3, 0.4) is 0 Å². The molecule has 1 fully saturated rings. The van der Waals surface area contributed by atoms with Crippen LogP contribution in [0.25, 0.3) is 0 Å². The molecule has 0 unspecified atom stereocenters. The second-order valence-electron chi connectivity index (χ2n) is 4.31. The molecule has 0 saturated carbocycles. The molecule has 6 nitrogen and oxygen atoms in total. The molecule has 1 aromatic rings. The highest BCUT2D eigenvalue weighted by Gasteiger charge is 2.18. The second kappa shape index (κ2) is 5.16. The lowest BCUT2D eigenvalue weighted by Gasteiger charge is -2.21. The Morgan fingerprint density at radius 3 is 2.88 bits per heavy atom. The first-order chi connectivity index (χ1) is 7.74. The lowest BCUT2D eigenvalue weighted by atomic mass is 9.92. The van der Waals surface area contributed by atoms with Crippen LogP contribution in [0.15, 0.2) is 0 Å². The van der Waals surface area contributed by atoms with Gasteiger partial charge in [-0.3, -0.25) is 4.79 Å². The third kappa shape index (κ3) is 3.10. The molecule has 1 aromatic heterocycles. The fraction of sp³-hybridized carbons (Fsp3) is 0.800. The molecule has 2 rings (SSSR count). The van der Waals surface area contributed by atoms with E-state index >= 15 is 0 Å². The van der Waals surface area contributed by atoms with Gasteiger partial charge in [-0.2, -0.15) is 4.80 Å². The number of tetrazole rings is 1. The molecular formula is C10H17N5O. The summed E-state index contributed by atoms with van der Waals surface area (Å²) in [6.45, 7) is 2.06. The van der Waals surface area contributed by atoms with Crippen LogP contribution in [0.4, 0.5) is 0 Å². The molecule has 1 N–H and O–H groups in total. The minimum Gasteiger partial charge on any atom is -0.317 e. The van der Waals surface area contributed by atoms with Crippen molar-refractivity contribution < 1.29 is 4.79 Å². The van der Waals surface area contributed by atoms with Gasteiger partial charge in [-0.15, -0.1) is 10.2 Å². The molecule has 16 heavy (non-hydrogen) atoms. The van der Waals surface area contributed by atoms with E-state index in [1.807, 2.05) is 0 Å². The van der Waals surface area contributed by atoms with Gasteiger partial charge in [0.25, 0.3) is 0 Å². The molecular weight excluding hydrogens is 206 g/mol. The summed E-state index contributed by atoms with van der Waals surface area (Å²) in [6.07, 6.45) is 3.16. The van der Waals surface area contributed by atoms with Crippen molar-refractivity contribution in [2.45, 2.75) is 25.7 Å². The van der Waals surface area contributed by atoms with Gasteiger partial charge >= 0.3 is 0 Å². The Hall–Kier alpha value is -1.30. The van der Waals surface area contributed by atoms with Crippen molar-refractivity contribution in [2.24, 2.45) is 13.0 Å². The number of carbonyl (C=O) groups excluding carboxylic acids is 1. The third-order valence-corrected chi connectivity index (χ3v) is 2.88. The van der Waals surface area contributed by atoms with Crippen molar-refractivity contribution in [2.75, 3.05) is 13.1 Å². The van der Waals surface area contributed by atoms with E-state index < -0.39 is 0 Å². The maximum absolute atomic E-state index is 11.8. The van der Waals surface area contributed by atoms with Crippen molar-refractivity contribution in [3.63, 3.8) is 0 Å². The molecule has 0 spiro atoms. The maximum atomic E-state index is 11.8. The van der Waals surface area contributed by atoms with Crippen LogP contribution in [0.5, 0.6) is 0 Å². The number of nitrogens with zero attached hydrogens (tertiary/aromatic N) is 4. The number of piperidine rings is 1. The SMILES string of the molecule is Cn1nnc(CC(=O)CC2CCNCC2)n1. The smallest absolute Gasteiger partial charge is 0.182 e. The number of nitrogens with one attached hydrogen (secondary N) is 1. The normalized spacial score (nSPS) is 17.6. The molecule has 0 bridgehead atoms.